The Morgan fingerprint density at radius 2 is 1.44 bits per heavy atom. The van der Waals surface area contributed by atoms with Gasteiger partial charge in [-0.25, -0.2) is 0 Å². The van der Waals surface area contributed by atoms with Crippen molar-refractivity contribution >= 4 is 0 Å². The Hall–Kier alpha value is -1.84. The van der Waals surface area contributed by atoms with E-state index < -0.39 is 0 Å². The van der Waals surface area contributed by atoms with Crippen LogP contribution in [-0.2, 0) is 12.8 Å². The Morgan fingerprint density at radius 3 is 2.06 bits per heavy atom. The molecule has 1 aromatic carbocycles. The second kappa shape index (κ2) is 4.79. The van der Waals surface area contributed by atoms with Gasteiger partial charge in [0.05, 0.1) is 0 Å². The second-order valence-corrected chi connectivity index (χ2v) is 3.85. The van der Waals surface area contributed by atoms with Gasteiger partial charge in [0.25, 0.3) is 0 Å². The van der Waals surface area contributed by atoms with Crippen LogP contribution in [-0.4, -0.2) is 20.4 Å². The average molecular weight is 214 g/mol. The van der Waals surface area contributed by atoms with Gasteiger partial charge in [0.2, 0.25) is 0 Å². The summed E-state index contributed by atoms with van der Waals surface area (Å²) < 4.78 is 0. The number of nitrogens with zero attached hydrogens (tertiary/aromatic N) is 4. The van der Waals surface area contributed by atoms with Gasteiger partial charge in [-0.1, -0.05) is 29.8 Å². The first kappa shape index (κ1) is 10.7. The molecular formula is C12H14N4. The third-order valence-corrected chi connectivity index (χ3v) is 2.38. The molecule has 16 heavy (non-hydrogen) atoms. The number of rotatable bonds is 3. The van der Waals surface area contributed by atoms with Crippen LogP contribution in [0.25, 0.3) is 0 Å². The molecule has 4 nitrogen and oxygen atoms in total. The molecule has 0 N–H and O–H groups in total. The van der Waals surface area contributed by atoms with Crippen molar-refractivity contribution in [2.24, 2.45) is 0 Å². The Bertz CT molecular complexity index is 402. The first-order chi connectivity index (χ1) is 7.74. The molecule has 0 aliphatic rings. The standard InChI is InChI=1S/C12H14N4/c1-9-3-5-11(6-4-9)7-8-12-15-13-10(2)14-16-12/h3-6H,7-8H2,1-2H3. The smallest absolute Gasteiger partial charge is 0.132 e. The topological polar surface area (TPSA) is 51.6 Å². The highest BCUT2D eigenvalue weighted by Crippen LogP contribution is 2.05. The summed E-state index contributed by atoms with van der Waals surface area (Å²) in [6.07, 6.45) is 1.70. The molecule has 0 unspecified atom stereocenters. The van der Waals surface area contributed by atoms with E-state index in [0.29, 0.717) is 11.6 Å². The van der Waals surface area contributed by atoms with Crippen LogP contribution in [0.1, 0.15) is 22.8 Å². The first-order valence-corrected chi connectivity index (χ1v) is 5.32. The zero-order chi connectivity index (χ0) is 11.4. The minimum absolute atomic E-state index is 0.610. The summed E-state index contributed by atoms with van der Waals surface area (Å²) >= 11 is 0. The van der Waals surface area contributed by atoms with E-state index >= 15 is 0 Å². The highest BCUT2D eigenvalue weighted by molar-refractivity contribution is 5.21. The van der Waals surface area contributed by atoms with Gasteiger partial charge in [-0.05, 0) is 25.8 Å². The fraction of sp³-hybridized carbons (Fsp3) is 0.333. The van der Waals surface area contributed by atoms with E-state index in [-0.39, 0.29) is 0 Å². The van der Waals surface area contributed by atoms with E-state index in [1.54, 1.807) is 6.92 Å². The summed E-state index contributed by atoms with van der Waals surface area (Å²) in [5.41, 5.74) is 2.56. The number of aromatic nitrogens is 4. The molecule has 0 aliphatic heterocycles. The summed E-state index contributed by atoms with van der Waals surface area (Å²) in [4.78, 5) is 0. The van der Waals surface area contributed by atoms with Crippen LogP contribution in [0.2, 0.25) is 0 Å². The minimum atomic E-state index is 0.610. The molecule has 2 rings (SSSR count). The van der Waals surface area contributed by atoms with Crippen LogP contribution in [0, 0.1) is 13.8 Å². The minimum Gasteiger partial charge on any atom is -0.132 e. The van der Waals surface area contributed by atoms with Crippen molar-refractivity contribution in [3.8, 4) is 0 Å². The van der Waals surface area contributed by atoms with Crippen molar-refractivity contribution in [3.05, 3.63) is 47.0 Å². The van der Waals surface area contributed by atoms with Crippen molar-refractivity contribution < 1.29 is 0 Å². The highest BCUT2D eigenvalue weighted by Gasteiger charge is 1.99. The monoisotopic (exact) mass is 214 g/mol. The molecule has 0 radical (unpaired) electrons. The van der Waals surface area contributed by atoms with Gasteiger partial charge in [-0.3, -0.25) is 0 Å². The van der Waals surface area contributed by atoms with Gasteiger partial charge < -0.3 is 0 Å². The van der Waals surface area contributed by atoms with Crippen molar-refractivity contribution in [2.75, 3.05) is 0 Å². The maximum absolute atomic E-state index is 3.99. The summed E-state index contributed by atoms with van der Waals surface area (Å²) in [5, 5.41) is 15.7. The fourth-order valence-corrected chi connectivity index (χ4v) is 1.41. The molecule has 0 atom stereocenters. The second-order valence-electron chi connectivity index (χ2n) is 3.85. The normalized spacial score (nSPS) is 10.4. The Balaban J connectivity index is 1.97. The molecule has 0 spiro atoms. The fourth-order valence-electron chi connectivity index (χ4n) is 1.41. The first-order valence-electron chi connectivity index (χ1n) is 5.32. The molecule has 82 valence electrons. The van der Waals surface area contributed by atoms with E-state index in [2.05, 4.69) is 51.6 Å². The Kier molecular flexibility index (Phi) is 3.19. The molecular weight excluding hydrogens is 200 g/mol. The third-order valence-electron chi connectivity index (χ3n) is 2.38. The molecule has 1 heterocycles. The van der Waals surface area contributed by atoms with E-state index in [9.17, 15) is 0 Å². The van der Waals surface area contributed by atoms with Gasteiger partial charge in [-0.2, -0.15) is 0 Å². The molecule has 0 saturated carbocycles. The van der Waals surface area contributed by atoms with E-state index in [4.69, 9.17) is 0 Å². The molecule has 0 fully saturated rings. The zero-order valence-electron chi connectivity index (χ0n) is 9.51. The van der Waals surface area contributed by atoms with Crippen LogP contribution in [0.3, 0.4) is 0 Å². The average Bonchev–Trinajstić information content (AvgIpc) is 2.30. The predicted octanol–water partition coefficient (Wildman–Crippen LogP) is 1.67. The highest BCUT2D eigenvalue weighted by atomic mass is 15.3. The predicted molar refractivity (Wildman–Crippen MR) is 60.9 cm³/mol. The van der Waals surface area contributed by atoms with E-state index in [1.165, 1.54) is 11.1 Å². The van der Waals surface area contributed by atoms with Gasteiger partial charge in [-0.15, -0.1) is 20.4 Å². The van der Waals surface area contributed by atoms with Crippen molar-refractivity contribution in [1.82, 2.24) is 20.4 Å². The maximum atomic E-state index is 3.99. The third kappa shape index (κ3) is 2.82. The molecule has 4 heteroatoms. The van der Waals surface area contributed by atoms with Gasteiger partial charge >= 0.3 is 0 Å². The lowest BCUT2D eigenvalue weighted by Crippen LogP contribution is -2.04. The van der Waals surface area contributed by atoms with Crippen molar-refractivity contribution in [1.29, 1.82) is 0 Å². The van der Waals surface area contributed by atoms with Crippen LogP contribution < -0.4 is 0 Å². The van der Waals surface area contributed by atoms with Gasteiger partial charge in [0.1, 0.15) is 0 Å². The van der Waals surface area contributed by atoms with Crippen LogP contribution in [0.4, 0.5) is 0 Å². The molecule has 0 bridgehead atoms. The summed E-state index contributed by atoms with van der Waals surface area (Å²) in [6.45, 7) is 3.87. The maximum Gasteiger partial charge on any atom is 0.173 e. The summed E-state index contributed by atoms with van der Waals surface area (Å²) in [6, 6.07) is 8.48. The van der Waals surface area contributed by atoms with Crippen LogP contribution in [0.15, 0.2) is 24.3 Å². The lowest BCUT2D eigenvalue weighted by molar-refractivity contribution is 0.716. The molecule has 0 aliphatic carbocycles. The lowest BCUT2D eigenvalue weighted by Gasteiger charge is -2.00. The molecule has 1 aromatic heterocycles. The van der Waals surface area contributed by atoms with Crippen molar-refractivity contribution in [2.45, 2.75) is 26.7 Å². The van der Waals surface area contributed by atoms with Crippen LogP contribution in [0.5, 0.6) is 0 Å². The van der Waals surface area contributed by atoms with Crippen molar-refractivity contribution in [3.63, 3.8) is 0 Å². The molecule has 0 saturated heterocycles. The largest absolute Gasteiger partial charge is 0.173 e. The quantitative estimate of drug-likeness (QED) is 0.779. The Morgan fingerprint density at radius 1 is 0.812 bits per heavy atom. The zero-order valence-corrected chi connectivity index (χ0v) is 9.51. The summed E-state index contributed by atoms with van der Waals surface area (Å²) in [7, 11) is 0. The number of aryl methyl sites for hydroxylation is 4. The summed E-state index contributed by atoms with van der Waals surface area (Å²) in [5.74, 6) is 1.31. The van der Waals surface area contributed by atoms with Crippen LogP contribution >= 0.6 is 0 Å². The number of benzene rings is 1. The Labute approximate surface area is 94.8 Å². The molecule has 0 amide bonds. The number of hydrogen-bond acceptors (Lipinski definition) is 4. The van der Waals surface area contributed by atoms with Gasteiger partial charge in [0.15, 0.2) is 11.6 Å². The van der Waals surface area contributed by atoms with Gasteiger partial charge in [0, 0.05) is 6.42 Å². The van der Waals surface area contributed by atoms with E-state index in [0.717, 1.165) is 12.8 Å². The van der Waals surface area contributed by atoms with E-state index in [1.807, 2.05) is 0 Å². The number of hydrogen-bond donors (Lipinski definition) is 0. The molecule has 2 aromatic rings. The SMILES string of the molecule is Cc1ccc(CCc2nnc(C)nn2)cc1. The lowest BCUT2D eigenvalue weighted by atomic mass is 10.1.